The molecule has 0 atom stereocenters. The number of nitrogens with one attached hydrogen (secondary N) is 1. The fourth-order valence-electron chi connectivity index (χ4n) is 0.652. The van der Waals surface area contributed by atoms with Crippen molar-refractivity contribution in [1.29, 1.82) is 0 Å². The van der Waals surface area contributed by atoms with E-state index in [2.05, 4.69) is 10.8 Å². The largest absolute Gasteiger partial charge is 0.282 e. The molecule has 0 fully saturated rings. The first-order chi connectivity index (χ1) is 5.64. The summed E-state index contributed by atoms with van der Waals surface area (Å²) in [6.45, 7) is 0. The summed E-state index contributed by atoms with van der Waals surface area (Å²) in [6.07, 6.45) is 0. The molecule has 0 unspecified atom stereocenters. The molecule has 1 N–H and O–H groups in total. The van der Waals surface area contributed by atoms with Gasteiger partial charge in [-0.1, -0.05) is 18.2 Å². The maximum absolute atomic E-state index is 10.9. The van der Waals surface area contributed by atoms with Gasteiger partial charge >= 0.3 is 0 Å². The van der Waals surface area contributed by atoms with Crippen LogP contribution in [0.2, 0.25) is 0 Å². The molecule has 0 amide bonds. The number of rotatable bonds is 3. The van der Waals surface area contributed by atoms with Gasteiger partial charge in [0.1, 0.15) is 5.21 Å². The highest BCUT2D eigenvalue weighted by molar-refractivity contribution is 7.93. The monoisotopic (exact) mass is 204 g/mol. The summed E-state index contributed by atoms with van der Waals surface area (Å²) >= 11 is 5.18. The number of anilines is 1. The maximum Gasteiger partial charge on any atom is 0.246 e. The van der Waals surface area contributed by atoms with Crippen molar-refractivity contribution in [2.24, 2.45) is 0 Å². The fourth-order valence-corrected chi connectivity index (χ4v) is 1.33. The molecule has 0 heterocycles. The smallest absolute Gasteiger partial charge is 0.246 e. The zero-order valence-electron chi connectivity index (χ0n) is 6.12. The molecule has 0 saturated heterocycles. The highest BCUT2D eigenvalue weighted by atomic mass is 35.5. The zero-order chi connectivity index (χ0) is 9.03. The van der Waals surface area contributed by atoms with Gasteiger partial charge in [0, 0.05) is 6.07 Å². The minimum absolute atomic E-state index is 0.401. The Labute approximate surface area is 76.4 Å². The molecule has 0 aliphatic carbocycles. The third-order valence-corrected chi connectivity index (χ3v) is 2.80. The molecule has 65 valence electrons. The number of hydrogen-bond acceptors (Lipinski definition) is 2. The third kappa shape index (κ3) is 2.71. The van der Waals surface area contributed by atoms with Crippen molar-refractivity contribution in [3.05, 3.63) is 30.3 Å². The van der Waals surface area contributed by atoms with E-state index in [0.717, 1.165) is 0 Å². The topological polar surface area (TPSA) is 46.2 Å². The molecule has 0 aromatic heterocycles. The predicted molar refractivity (Wildman–Crippen MR) is 48.5 cm³/mol. The Morgan fingerprint density at radius 2 is 2.25 bits per heavy atom. The second-order valence-corrected chi connectivity index (χ2v) is 4.41. The van der Waals surface area contributed by atoms with Crippen LogP contribution in [-0.4, -0.2) is 13.6 Å². The quantitative estimate of drug-likeness (QED) is 0.758. The number of halogens is 1. The third-order valence-electron chi connectivity index (χ3n) is 1.12. The molecule has 12 heavy (non-hydrogen) atoms. The van der Waals surface area contributed by atoms with Crippen LogP contribution in [0.3, 0.4) is 0 Å². The van der Waals surface area contributed by atoms with Crippen LogP contribution in [0.1, 0.15) is 0 Å². The Balaban J connectivity index is 2.78. The van der Waals surface area contributed by atoms with E-state index >= 15 is 0 Å². The first-order valence-electron chi connectivity index (χ1n) is 3.17. The van der Waals surface area contributed by atoms with E-state index in [1.54, 1.807) is 24.3 Å². The summed E-state index contributed by atoms with van der Waals surface area (Å²) < 4.78 is 24.1. The van der Waals surface area contributed by atoms with Crippen LogP contribution >= 0.6 is 11.6 Å². The highest BCUT2D eigenvalue weighted by Gasteiger charge is 2.06. The number of alkyl halides is 1. The van der Waals surface area contributed by atoms with Crippen LogP contribution in [0.25, 0.3) is 0 Å². The molecule has 5 heteroatoms. The van der Waals surface area contributed by atoms with Crippen molar-refractivity contribution in [3.63, 3.8) is 0 Å². The van der Waals surface area contributed by atoms with Crippen molar-refractivity contribution in [2.45, 2.75) is 0 Å². The van der Waals surface area contributed by atoms with Crippen LogP contribution in [-0.2, 0) is 10.0 Å². The van der Waals surface area contributed by atoms with Gasteiger partial charge in [0.05, 0.1) is 5.69 Å². The lowest BCUT2D eigenvalue weighted by Gasteiger charge is -2.02. The number of hydrogen-bond donors (Lipinski definition) is 1. The van der Waals surface area contributed by atoms with Gasteiger partial charge in [0.15, 0.2) is 0 Å². The Kier molecular flexibility index (Phi) is 2.94. The van der Waals surface area contributed by atoms with Gasteiger partial charge < -0.3 is 0 Å². The number of sulfonamides is 1. The summed E-state index contributed by atoms with van der Waals surface area (Å²) in [5.41, 5.74) is 0.401. The van der Waals surface area contributed by atoms with E-state index in [4.69, 9.17) is 11.6 Å². The second-order valence-electron chi connectivity index (χ2n) is 2.10. The fraction of sp³-hybridized carbons (Fsp3) is 0.143. The molecule has 1 radical (unpaired) electrons. The first kappa shape index (κ1) is 9.35. The molecular formula is C7H7ClNO2S. The van der Waals surface area contributed by atoms with E-state index in [-0.39, 0.29) is 0 Å². The summed E-state index contributed by atoms with van der Waals surface area (Å²) in [5.74, 6) is 0. The second kappa shape index (κ2) is 3.78. The molecule has 3 nitrogen and oxygen atoms in total. The van der Waals surface area contributed by atoms with Crippen LogP contribution in [0.15, 0.2) is 24.3 Å². The van der Waals surface area contributed by atoms with E-state index in [9.17, 15) is 8.42 Å². The predicted octanol–water partition coefficient (Wildman–Crippen LogP) is 1.42. The van der Waals surface area contributed by atoms with Crippen molar-refractivity contribution >= 4 is 27.3 Å². The Morgan fingerprint density at radius 3 is 2.75 bits per heavy atom. The molecular weight excluding hydrogens is 198 g/mol. The van der Waals surface area contributed by atoms with Crippen molar-refractivity contribution in [2.75, 3.05) is 9.93 Å². The van der Waals surface area contributed by atoms with Crippen molar-refractivity contribution in [1.82, 2.24) is 0 Å². The SMILES string of the molecule is O=S(=O)(CCl)Nc1[c]cccc1. The number of benzene rings is 1. The summed E-state index contributed by atoms with van der Waals surface area (Å²) in [7, 11) is -3.39. The van der Waals surface area contributed by atoms with Crippen LogP contribution < -0.4 is 4.72 Å². The average molecular weight is 205 g/mol. The van der Waals surface area contributed by atoms with E-state index in [1.807, 2.05) is 0 Å². The molecule has 0 bridgehead atoms. The van der Waals surface area contributed by atoms with Gasteiger partial charge in [-0.2, -0.15) is 0 Å². The summed E-state index contributed by atoms with van der Waals surface area (Å²) in [6, 6.07) is 9.39. The number of para-hydroxylation sites is 1. The van der Waals surface area contributed by atoms with Gasteiger partial charge in [-0.05, 0) is 6.07 Å². The lowest BCUT2D eigenvalue weighted by Crippen LogP contribution is -2.13. The molecule has 1 aromatic rings. The van der Waals surface area contributed by atoms with Crippen LogP contribution in [0.4, 0.5) is 5.69 Å². The van der Waals surface area contributed by atoms with Gasteiger partial charge in [-0.25, -0.2) is 8.42 Å². The van der Waals surface area contributed by atoms with Crippen LogP contribution in [0, 0.1) is 6.07 Å². The lowest BCUT2D eigenvalue weighted by atomic mass is 10.3. The molecule has 1 aromatic carbocycles. The van der Waals surface area contributed by atoms with E-state index < -0.39 is 15.2 Å². The van der Waals surface area contributed by atoms with Gasteiger partial charge in [-0.3, -0.25) is 4.72 Å². The normalized spacial score (nSPS) is 11.1. The Hall–Kier alpha value is -0.740. The summed E-state index contributed by atoms with van der Waals surface area (Å²) in [4.78, 5) is 0. The Bertz CT molecular complexity index is 336. The zero-order valence-corrected chi connectivity index (χ0v) is 7.69. The molecule has 0 aliphatic heterocycles. The highest BCUT2D eigenvalue weighted by Crippen LogP contribution is 2.07. The minimum Gasteiger partial charge on any atom is -0.282 e. The standard InChI is InChI=1S/C7H7ClNO2S/c8-6-12(10,11)9-7-4-2-1-3-5-7/h1-4,9H,6H2. The average Bonchev–Trinajstić information content (AvgIpc) is 2.06. The molecule has 1 rings (SSSR count). The molecule has 0 aliphatic rings. The van der Waals surface area contributed by atoms with Crippen LogP contribution in [0.5, 0.6) is 0 Å². The van der Waals surface area contributed by atoms with Gasteiger partial charge in [0.2, 0.25) is 10.0 Å². The van der Waals surface area contributed by atoms with Crippen molar-refractivity contribution < 1.29 is 8.42 Å². The van der Waals surface area contributed by atoms with Crippen molar-refractivity contribution in [3.8, 4) is 0 Å². The first-order valence-corrected chi connectivity index (χ1v) is 5.36. The van der Waals surface area contributed by atoms with E-state index in [1.165, 1.54) is 0 Å². The summed E-state index contributed by atoms with van der Waals surface area (Å²) in [5, 5.41) is -0.449. The van der Waals surface area contributed by atoms with Gasteiger partial charge in [-0.15, -0.1) is 11.6 Å². The minimum atomic E-state index is -3.39. The lowest BCUT2D eigenvalue weighted by molar-refractivity contribution is 0.605. The maximum atomic E-state index is 10.9. The Morgan fingerprint density at radius 1 is 1.50 bits per heavy atom. The van der Waals surface area contributed by atoms with Gasteiger partial charge in [0.25, 0.3) is 0 Å². The molecule has 0 saturated carbocycles. The van der Waals surface area contributed by atoms with E-state index in [0.29, 0.717) is 5.69 Å². The molecule has 0 spiro atoms.